The standard InChI is InChI=1S/C15H22N4O2/c20-14(17-11-12-5-4-10-21-12)13-6-7-16-15(18-13)19-8-2-1-3-9-19/h6-7,12H,1-5,8-11H2,(H,17,20). The number of hydrogen-bond acceptors (Lipinski definition) is 5. The summed E-state index contributed by atoms with van der Waals surface area (Å²) in [6, 6.07) is 1.66. The van der Waals surface area contributed by atoms with Crippen molar-refractivity contribution in [3.8, 4) is 0 Å². The summed E-state index contributed by atoms with van der Waals surface area (Å²) in [7, 11) is 0. The fourth-order valence-corrected chi connectivity index (χ4v) is 2.82. The molecule has 6 nitrogen and oxygen atoms in total. The third-order valence-corrected chi connectivity index (χ3v) is 4.03. The summed E-state index contributed by atoms with van der Waals surface area (Å²) in [4.78, 5) is 23.0. The van der Waals surface area contributed by atoms with Gasteiger partial charge in [-0.3, -0.25) is 4.79 Å². The molecule has 0 aliphatic carbocycles. The largest absolute Gasteiger partial charge is 0.376 e. The van der Waals surface area contributed by atoms with Gasteiger partial charge >= 0.3 is 0 Å². The lowest BCUT2D eigenvalue weighted by atomic mass is 10.1. The fourth-order valence-electron chi connectivity index (χ4n) is 2.82. The van der Waals surface area contributed by atoms with E-state index in [2.05, 4.69) is 20.2 Å². The third-order valence-electron chi connectivity index (χ3n) is 4.03. The number of amides is 1. The van der Waals surface area contributed by atoms with Gasteiger partial charge in [-0.2, -0.15) is 0 Å². The van der Waals surface area contributed by atoms with E-state index in [0.29, 0.717) is 18.2 Å². The molecule has 0 saturated carbocycles. The SMILES string of the molecule is O=C(NCC1CCCO1)c1ccnc(N2CCCCC2)n1. The Morgan fingerprint density at radius 2 is 2.19 bits per heavy atom. The molecule has 21 heavy (non-hydrogen) atoms. The second-order valence-corrected chi connectivity index (χ2v) is 5.63. The molecule has 1 aromatic rings. The first-order valence-electron chi connectivity index (χ1n) is 7.81. The highest BCUT2D eigenvalue weighted by molar-refractivity contribution is 5.92. The van der Waals surface area contributed by atoms with Crippen molar-refractivity contribution in [1.29, 1.82) is 0 Å². The number of hydrogen-bond donors (Lipinski definition) is 1. The van der Waals surface area contributed by atoms with Crippen LogP contribution >= 0.6 is 0 Å². The fraction of sp³-hybridized carbons (Fsp3) is 0.667. The van der Waals surface area contributed by atoms with Gasteiger partial charge in [0.05, 0.1) is 6.10 Å². The van der Waals surface area contributed by atoms with E-state index in [4.69, 9.17) is 4.74 Å². The number of nitrogens with zero attached hydrogens (tertiary/aromatic N) is 3. The number of piperidine rings is 1. The van der Waals surface area contributed by atoms with Crippen molar-refractivity contribution in [1.82, 2.24) is 15.3 Å². The highest BCUT2D eigenvalue weighted by Gasteiger charge is 2.18. The lowest BCUT2D eigenvalue weighted by Gasteiger charge is -2.26. The van der Waals surface area contributed by atoms with E-state index in [1.807, 2.05) is 0 Å². The van der Waals surface area contributed by atoms with Gasteiger partial charge in [-0.25, -0.2) is 9.97 Å². The Hall–Kier alpha value is -1.69. The summed E-state index contributed by atoms with van der Waals surface area (Å²) in [5.74, 6) is 0.519. The number of aromatic nitrogens is 2. The zero-order valence-corrected chi connectivity index (χ0v) is 12.3. The molecule has 1 amide bonds. The maximum atomic E-state index is 12.2. The van der Waals surface area contributed by atoms with E-state index < -0.39 is 0 Å². The van der Waals surface area contributed by atoms with E-state index in [-0.39, 0.29) is 12.0 Å². The number of ether oxygens (including phenoxy) is 1. The van der Waals surface area contributed by atoms with Gasteiger partial charge in [-0.15, -0.1) is 0 Å². The Kier molecular flexibility index (Phi) is 4.65. The predicted octanol–water partition coefficient (Wildman–Crippen LogP) is 1.38. The molecule has 6 heteroatoms. The molecule has 2 aliphatic rings. The van der Waals surface area contributed by atoms with Crippen LogP contribution in [0.5, 0.6) is 0 Å². The van der Waals surface area contributed by atoms with E-state index in [9.17, 15) is 4.79 Å². The van der Waals surface area contributed by atoms with Crippen LogP contribution in [0, 0.1) is 0 Å². The van der Waals surface area contributed by atoms with Crippen molar-refractivity contribution < 1.29 is 9.53 Å². The van der Waals surface area contributed by atoms with Crippen LogP contribution in [0.15, 0.2) is 12.3 Å². The molecule has 0 radical (unpaired) electrons. The van der Waals surface area contributed by atoms with Crippen LogP contribution in [-0.4, -0.2) is 48.2 Å². The Balaban J connectivity index is 1.60. The highest BCUT2D eigenvalue weighted by Crippen LogP contribution is 2.15. The first-order valence-corrected chi connectivity index (χ1v) is 7.81. The highest BCUT2D eigenvalue weighted by atomic mass is 16.5. The van der Waals surface area contributed by atoms with Gasteiger partial charge in [0, 0.05) is 32.4 Å². The molecule has 114 valence electrons. The normalized spacial score (nSPS) is 22.3. The zero-order chi connectivity index (χ0) is 14.5. The third kappa shape index (κ3) is 3.69. The van der Waals surface area contributed by atoms with Gasteiger partial charge in [0.25, 0.3) is 5.91 Å². The number of carbonyl (C=O) groups excluding carboxylic acids is 1. The van der Waals surface area contributed by atoms with Crippen LogP contribution in [0.25, 0.3) is 0 Å². The molecule has 2 saturated heterocycles. The Labute approximate surface area is 124 Å². The molecule has 1 aromatic heterocycles. The number of anilines is 1. The molecule has 0 aromatic carbocycles. The maximum absolute atomic E-state index is 12.2. The molecule has 1 atom stereocenters. The van der Waals surface area contributed by atoms with Crippen LogP contribution in [-0.2, 0) is 4.74 Å². The minimum Gasteiger partial charge on any atom is -0.376 e. The van der Waals surface area contributed by atoms with Crippen LogP contribution in [0.1, 0.15) is 42.6 Å². The monoisotopic (exact) mass is 290 g/mol. The van der Waals surface area contributed by atoms with Crippen molar-refractivity contribution in [2.24, 2.45) is 0 Å². The van der Waals surface area contributed by atoms with Crippen molar-refractivity contribution in [3.05, 3.63) is 18.0 Å². The van der Waals surface area contributed by atoms with Crippen LogP contribution in [0.4, 0.5) is 5.95 Å². The zero-order valence-electron chi connectivity index (χ0n) is 12.3. The second-order valence-electron chi connectivity index (χ2n) is 5.63. The van der Waals surface area contributed by atoms with Crippen molar-refractivity contribution >= 4 is 11.9 Å². The van der Waals surface area contributed by atoms with Crippen molar-refractivity contribution in [2.75, 3.05) is 31.1 Å². The van der Waals surface area contributed by atoms with Gasteiger partial charge in [0.1, 0.15) is 5.69 Å². The van der Waals surface area contributed by atoms with Crippen LogP contribution in [0.2, 0.25) is 0 Å². The Morgan fingerprint density at radius 1 is 1.33 bits per heavy atom. The summed E-state index contributed by atoms with van der Waals surface area (Å²) in [6.45, 7) is 3.30. The van der Waals surface area contributed by atoms with E-state index in [1.165, 1.54) is 19.3 Å². The smallest absolute Gasteiger partial charge is 0.270 e. The van der Waals surface area contributed by atoms with E-state index >= 15 is 0 Å². The Bertz CT molecular complexity index is 482. The van der Waals surface area contributed by atoms with E-state index in [0.717, 1.165) is 32.5 Å². The molecule has 2 fully saturated rings. The van der Waals surface area contributed by atoms with E-state index in [1.54, 1.807) is 12.3 Å². The number of carbonyl (C=O) groups is 1. The summed E-state index contributed by atoms with van der Waals surface area (Å²) in [5, 5.41) is 2.90. The molecule has 3 heterocycles. The van der Waals surface area contributed by atoms with Gasteiger partial charge in [0.2, 0.25) is 5.95 Å². The molecule has 0 spiro atoms. The van der Waals surface area contributed by atoms with Gasteiger partial charge in [0.15, 0.2) is 0 Å². The Morgan fingerprint density at radius 3 is 2.95 bits per heavy atom. The maximum Gasteiger partial charge on any atom is 0.270 e. The van der Waals surface area contributed by atoms with Gasteiger partial charge in [-0.05, 0) is 38.2 Å². The number of nitrogens with one attached hydrogen (secondary N) is 1. The molecular weight excluding hydrogens is 268 g/mol. The molecule has 1 N–H and O–H groups in total. The van der Waals surface area contributed by atoms with Crippen molar-refractivity contribution in [3.63, 3.8) is 0 Å². The molecule has 2 aliphatic heterocycles. The minimum atomic E-state index is -0.147. The number of rotatable bonds is 4. The minimum absolute atomic E-state index is 0.147. The first-order chi connectivity index (χ1) is 10.3. The summed E-state index contributed by atoms with van der Waals surface area (Å²) in [5.41, 5.74) is 0.434. The summed E-state index contributed by atoms with van der Waals surface area (Å²) in [6.07, 6.45) is 7.50. The molecule has 0 bridgehead atoms. The van der Waals surface area contributed by atoms with Crippen LogP contribution < -0.4 is 10.2 Å². The first kappa shape index (κ1) is 14.3. The topological polar surface area (TPSA) is 67.3 Å². The molecule has 3 rings (SSSR count). The van der Waals surface area contributed by atoms with Crippen LogP contribution in [0.3, 0.4) is 0 Å². The lowest BCUT2D eigenvalue weighted by molar-refractivity contribution is 0.0853. The molecule has 1 unspecified atom stereocenters. The van der Waals surface area contributed by atoms with Gasteiger partial charge in [-0.1, -0.05) is 0 Å². The predicted molar refractivity (Wildman–Crippen MR) is 79.4 cm³/mol. The summed E-state index contributed by atoms with van der Waals surface area (Å²) >= 11 is 0. The second kappa shape index (κ2) is 6.85. The summed E-state index contributed by atoms with van der Waals surface area (Å²) < 4.78 is 5.50. The average Bonchev–Trinajstić information content (AvgIpc) is 3.07. The van der Waals surface area contributed by atoms with Gasteiger partial charge < -0.3 is 15.0 Å². The quantitative estimate of drug-likeness (QED) is 0.907. The molecular formula is C15H22N4O2. The van der Waals surface area contributed by atoms with Crippen molar-refractivity contribution in [2.45, 2.75) is 38.2 Å². The lowest BCUT2D eigenvalue weighted by Crippen LogP contribution is -2.34. The average molecular weight is 290 g/mol.